The van der Waals surface area contributed by atoms with E-state index in [1.807, 2.05) is 30.2 Å². The van der Waals surface area contributed by atoms with Crippen molar-refractivity contribution in [3.63, 3.8) is 0 Å². The van der Waals surface area contributed by atoms with Gasteiger partial charge in [0.1, 0.15) is 0 Å². The third kappa shape index (κ3) is 4.84. The van der Waals surface area contributed by atoms with Crippen molar-refractivity contribution in [3.8, 4) is 0 Å². The molecule has 140 valence electrons. The number of pyridine rings is 1. The highest BCUT2D eigenvalue weighted by atomic mass is 127. The Kier molecular flexibility index (Phi) is 7.62. The summed E-state index contributed by atoms with van der Waals surface area (Å²) in [4.78, 5) is 22.5. The van der Waals surface area contributed by atoms with Crippen molar-refractivity contribution in [2.24, 2.45) is 4.99 Å². The minimum Gasteiger partial charge on any atom is -0.352 e. The van der Waals surface area contributed by atoms with E-state index >= 15 is 0 Å². The normalized spacial score (nSPS) is 17.1. The number of guanidine groups is 1. The highest BCUT2D eigenvalue weighted by molar-refractivity contribution is 14.0. The number of fused-ring (bicyclic) bond motifs is 1. The highest BCUT2D eigenvalue weighted by Crippen LogP contribution is 2.15. The maximum Gasteiger partial charge on any atom is 0.222 e. The molecule has 0 bridgehead atoms. The van der Waals surface area contributed by atoms with Crippen LogP contribution in [0.3, 0.4) is 0 Å². The summed E-state index contributed by atoms with van der Waals surface area (Å²) in [6.45, 7) is 4.11. The molecule has 1 aliphatic heterocycles. The summed E-state index contributed by atoms with van der Waals surface area (Å²) in [5.74, 6) is 0.970. The molecule has 6 nitrogen and oxygen atoms in total. The summed E-state index contributed by atoms with van der Waals surface area (Å²) >= 11 is 0. The summed E-state index contributed by atoms with van der Waals surface area (Å²) in [5.41, 5.74) is 2.14. The number of carbonyl (C=O) groups excluding carboxylic acids is 1. The molecule has 1 aromatic carbocycles. The molecule has 0 radical (unpaired) electrons. The van der Waals surface area contributed by atoms with Gasteiger partial charge in [-0.15, -0.1) is 24.0 Å². The van der Waals surface area contributed by atoms with E-state index in [4.69, 9.17) is 0 Å². The topological polar surface area (TPSA) is 69.6 Å². The van der Waals surface area contributed by atoms with Gasteiger partial charge in [0.15, 0.2) is 5.96 Å². The minimum atomic E-state index is 0. The number of likely N-dealkylation sites (tertiary alicyclic amines) is 1. The molecular weight excluding hydrogens is 441 g/mol. The molecule has 3 rings (SSSR count). The number of aliphatic imine (C=N–C) groups is 1. The van der Waals surface area contributed by atoms with Crippen LogP contribution in [-0.4, -0.2) is 47.9 Å². The Morgan fingerprint density at radius 3 is 2.92 bits per heavy atom. The van der Waals surface area contributed by atoms with E-state index in [9.17, 15) is 4.79 Å². The van der Waals surface area contributed by atoms with Crippen molar-refractivity contribution >= 4 is 46.7 Å². The van der Waals surface area contributed by atoms with Gasteiger partial charge in [-0.25, -0.2) is 0 Å². The zero-order valence-electron chi connectivity index (χ0n) is 15.2. The number of para-hydroxylation sites is 1. The molecule has 1 aromatic heterocycles. The number of rotatable bonds is 4. The molecule has 7 heteroatoms. The zero-order valence-corrected chi connectivity index (χ0v) is 17.6. The first-order chi connectivity index (χ1) is 12.2. The van der Waals surface area contributed by atoms with Gasteiger partial charge in [0.25, 0.3) is 0 Å². The first kappa shape index (κ1) is 20.4. The third-order valence-electron chi connectivity index (χ3n) is 4.57. The minimum absolute atomic E-state index is 0. The molecule has 1 saturated heterocycles. The first-order valence-electron chi connectivity index (χ1n) is 8.79. The van der Waals surface area contributed by atoms with Crippen LogP contribution in [0, 0.1) is 0 Å². The number of hydrogen-bond donors (Lipinski definition) is 2. The second-order valence-corrected chi connectivity index (χ2v) is 6.24. The predicted molar refractivity (Wildman–Crippen MR) is 116 cm³/mol. The van der Waals surface area contributed by atoms with Gasteiger partial charge in [-0.2, -0.15) is 0 Å². The molecule has 0 aliphatic carbocycles. The Morgan fingerprint density at radius 2 is 2.15 bits per heavy atom. The van der Waals surface area contributed by atoms with E-state index in [1.165, 1.54) is 0 Å². The number of aromatic nitrogens is 1. The Morgan fingerprint density at radius 1 is 1.35 bits per heavy atom. The predicted octanol–water partition coefficient (Wildman–Crippen LogP) is 2.53. The van der Waals surface area contributed by atoms with E-state index < -0.39 is 0 Å². The van der Waals surface area contributed by atoms with Gasteiger partial charge in [0.2, 0.25) is 5.91 Å². The molecule has 2 heterocycles. The van der Waals surface area contributed by atoms with Crippen LogP contribution >= 0.6 is 24.0 Å². The van der Waals surface area contributed by atoms with E-state index in [1.54, 1.807) is 7.05 Å². The van der Waals surface area contributed by atoms with Gasteiger partial charge >= 0.3 is 0 Å². The SMILES string of the molecule is CCC(=O)N1CCC(NC(=NC)NCc2cccc3cccnc23)C1.I. The fourth-order valence-corrected chi connectivity index (χ4v) is 3.21. The van der Waals surface area contributed by atoms with E-state index in [0.29, 0.717) is 13.0 Å². The number of nitrogens with one attached hydrogen (secondary N) is 2. The largest absolute Gasteiger partial charge is 0.352 e. The van der Waals surface area contributed by atoms with Crippen LogP contribution in [0.1, 0.15) is 25.3 Å². The van der Waals surface area contributed by atoms with Crippen LogP contribution in [-0.2, 0) is 11.3 Å². The number of amides is 1. The fourth-order valence-electron chi connectivity index (χ4n) is 3.21. The van der Waals surface area contributed by atoms with E-state index in [-0.39, 0.29) is 35.9 Å². The Balaban J connectivity index is 0.00000243. The second-order valence-electron chi connectivity index (χ2n) is 6.24. The number of nitrogens with zero attached hydrogens (tertiary/aromatic N) is 3. The molecule has 0 spiro atoms. The lowest BCUT2D eigenvalue weighted by Crippen LogP contribution is -2.44. The molecule has 0 saturated carbocycles. The van der Waals surface area contributed by atoms with E-state index in [0.717, 1.165) is 41.9 Å². The van der Waals surface area contributed by atoms with Crippen LogP contribution in [0.5, 0.6) is 0 Å². The van der Waals surface area contributed by atoms with Crippen molar-refractivity contribution in [2.45, 2.75) is 32.4 Å². The van der Waals surface area contributed by atoms with Crippen molar-refractivity contribution in [1.29, 1.82) is 0 Å². The van der Waals surface area contributed by atoms with Gasteiger partial charge in [0, 0.05) is 50.7 Å². The molecule has 1 aliphatic rings. The van der Waals surface area contributed by atoms with Crippen molar-refractivity contribution in [2.75, 3.05) is 20.1 Å². The van der Waals surface area contributed by atoms with E-state index in [2.05, 4.69) is 38.8 Å². The quantitative estimate of drug-likeness (QED) is 0.412. The molecular formula is C19H26IN5O. The zero-order chi connectivity index (χ0) is 17.6. The van der Waals surface area contributed by atoms with Gasteiger partial charge in [-0.3, -0.25) is 14.8 Å². The summed E-state index contributed by atoms with van der Waals surface area (Å²) in [5, 5.41) is 7.91. The first-order valence-corrected chi connectivity index (χ1v) is 8.79. The molecule has 26 heavy (non-hydrogen) atoms. The Labute approximate surface area is 171 Å². The summed E-state index contributed by atoms with van der Waals surface area (Å²) < 4.78 is 0. The van der Waals surface area contributed by atoms with Crippen LogP contribution in [0.2, 0.25) is 0 Å². The van der Waals surface area contributed by atoms with Crippen LogP contribution < -0.4 is 10.6 Å². The fraction of sp³-hybridized carbons (Fsp3) is 0.421. The lowest BCUT2D eigenvalue weighted by atomic mass is 10.1. The number of carbonyl (C=O) groups is 1. The lowest BCUT2D eigenvalue weighted by Gasteiger charge is -2.19. The van der Waals surface area contributed by atoms with Gasteiger partial charge in [0.05, 0.1) is 5.52 Å². The molecule has 1 atom stereocenters. The molecule has 2 aromatic rings. The summed E-state index contributed by atoms with van der Waals surface area (Å²) in [6.07, 6.45) is 3.33. The van der Waals surface area contributed by atoms with Crippen LogP contribution in [0.25, 0.3) is 10.9 Å². The number of benzene rings is 1. The number of hydrogen-bond acceptors (Lipinski definition) is 3. The monoisotopic (exact) mass is 467 g/mol. The average molecular weight is 467 g/mol. The highest BCUT2D eigenvalue weighted by Gasteiger charge is 2.25. The van der Waals surface area contributed by atoms with Gasteiger partial charge in [-0.1, -0.05) is 31.2 Å². The average Bonchev–Trinajstić information content (AvgIpc) is 3.13. The smallest absolute Gasteiger partial charge is 0.222 e. The lowest BCUT2D eigenvalue weighted by molar-refractivity contribution is -0.129. The Hall–Kier alpha value is -1.90. The maximum atomic E-state index is 11.8. The second kappa shape index (κ2) is 9.70. The molecule has 1 fully saturated rings. The van der Waals surface area contributed by atoms with Crippen molar-refractivity contribution in [3.05, 3.63) is 42.1 Å². The molecule has 2 N–H and O–H groups in total. The Bertz CT molecular complexity index is 774. The molecule has 1 amide bonds. The van der Waals surface area contributed by atoms with Crippen LogP contribution in [0.4, 0.5) is 0 Å². The van der Waals surface area contributed by atoms with Crippen molar-refractivity contribution in [1.82, 2.24) is 20.5 Å². The maximum absolute atomic E-state index is 11.8. The third-order valence-corrected chi connectivity index (χ3v) is 4.57. The number of halogens is 1. The van der Waals surface area contributed by atoms with Gasteiger partial charge in [-0.05, 0) is 18.1 Å². The summed E-state index contributed by atoms with van der Waals surface area (Å²) in [7, 11) is 1.76. The molecule has 1 unspecified atom stereocenters. The van der Waals surface area contributed by atoms with Gasteiger partial charge < -0.3 is 15.5 Å². The van der Waals surface area contributed by atoms with Crippen molar-refractivity contribution < 1.29 is 4.79 Å². The standard InChI is InChI=1S/C19H25N5O.HI/c1-3-17(25)24-11-9-16(13-24)23-19(20-2)22-12-15-7-4-6-14-8-5-10-21-18(14)15;/h4-8,10,16H,3,9,11-13H2,1-2H3,(H2,20,22,23);1H. The van der Waals surface area contributed by atoms with Crippen LogP contribution in [0.15, 0.2) is 41.5 Å². The summed E-state index contributed by atoms with van der Waals surface area (Å²) in [6, 6.07) is 10.4.